The first-order valence-electron chi connectivity index (χ1n) is 12.9. The number of nitrogens with zero attached hydrogens (tertiary/aromatic N) is 4. The van der Waals surface area contributed by atoms with Crippen molar-refractivity contribution in [3.8, 4) is 6.07 Å². The van der Waals surface area contributed by atoms with E-state index in [1.54, 1.807) is 44.3 Å². The van der Waals surface area contributed by atoms with Crippen LogP contribution in [0.25, 0.3) is 0 Å². The zero-order chi connectivity index (χ0) is 31.3. The quantitative estimate of drug-likeness (QED) is 0.177. The van der Waals surface area contributed by atoms with E-state index in [0.717, 1.165) is 0 Å². The standard InChI is InChI=1S/C29H28N8O6/c1-35-15-20(11-22(35)26(39)31-10-4-9-30)33-28(41)24-13-21(16-37(24)3)34-27(40)23-12-19(14-36(23)2)32-25(38)17-5-7-18(8-6-17)29(42)43/h5-8,11-16H,4,10H2,1-3H3,(H,31,39)(H,32,38)(H,33,41)(H,34,40)(H,42,43). The molecule has 4 aromatic rings. The highest BCUT2D eigenvalue weighted by Gasteiger charge is 2.19. The second kappa shape index (κ2) is 12.6. The summed E-state index contributed by atoms with van der Waals surface area (Å²) >= 11 is 0. The van der Waals surface area contributed by atoms with E-state index in [9.17, 15) is 24.0 Å². The Morgan fingerprint density at radius 2 is 1.07 bits per heavy atom. The number of aryl methyl sites for hydroxylation is 3. The third kappa shape index (κ3) is 6.98. The molecule has 0 atom stereocenters. The largest absolute Gasteiger partial charge is 0.478 e. The molecule has 0 saturated heterocycles. The van der Waals surface area contributed by atoms with Crippen LogP contribution in [-0.2, 0) is 21.1 Å². The van der Waals surface area contributed by atoms with Gasteiger partial charge in [-0.15, -0.1) is 0 Å². The van der Waals surface area contributed by atoms with Crippen molar-refractivity contribution in [3.05, 3.63) is 89.3 Å². The lowest BCUT2D eigenvalue weighted by Gasteiger charge is -2.03. The molecular formula is C29H28N8O6. The zero-order valence-electron chi connectivity index (χ0n) is 23.5. The molecule has 5 N–H and O–H groups in total. The van der Waals surface area contributed by atoms with Crippen LogP contribution >= 0.6 is 0 Å². The third-order valence-electron chi connectivity index (χ3n) is 6.40. The molecule has 3 aromatic heterocycles. The first-order chi connectivity index (χ1) is 20.5. The van der Waals surface area contributed by atoms with Crippen LogP contribution in [0.3, 0.4) is 0 Å². The van der Waals surface area contributed by atoms with Crippen LogP contribution in [0.4, 0.5) is 17.1 Å². The van der Waals surface area contributed by atoms with Gasteiger partial charge in [-0.2, -0.15) is 5.26 Å². The molecule has 0 aliphatic carbocycles. The van der Waals surface area contributed by atoms with Gasteiger partial charge in [0.15, 0.2) is 0 Å². The summed E-state index contributed by atoms with van der Waals surface area (Å²) in [7, 11) is 4.93. The Kier molecular flexibility index (Phi) is 8.76. The monoisotopic (exact) mass is 584 g/mol. The Hall–Kier alpha value is -6.10. The number of nitriles is 1. The average Bonchev–Trinajstić information content (AvgIpc) is 3.64. The van der Waals surface area contributed by atoms with Gasteiger partial charge in [-0.1, -0.05) is 0 Å². The molecule has 0 saturated carbocycles. The number of carbonyl (C=O) groups is 5. The maximum Gasteiger partial charge on any atom is 0.335 e. The first kappa shape index (κ1) is 29.9. The second-order valence-electron chi connectivity index (χ2n) is 9.58. The van der Waals surface area contributed by atoms with Crippen LogP contribution < -0.4 is 21.3 Å². The number of aromatic nitrogens is 3. The summed E-state index contributed by atoms with van der Waals surface area (Å²) in [6, 6.07) is 11.9. The highest BCUT2D eigenvalue weighted by atomic mass is 16.4. The summed E-state index contributed by atoms with van der Waals surface area (Å²) in [6.07, 6.45) is 4.89. The van der Waals surface area contributed by atoms with E-state index in [4.69, 9.17) is 10.4 Å². The van der Waals surface area contributed by atoms with Crippen molar-refractivity contribution >= 4 is 46.7 Å². The van der Waals surface area contributed by atoms with Crippen molar-refractivity contribution in [2.75, 3.05) is 22.5 Å². The minimum absolute atomic E-state index is 0.0550. The summed E-state index contributed by atoms with van der Waals surface area (Å²) in [4.78, 5) is 61.9. The van der Waals surface area contributed by atoms with E-state index < -0.39 is 23.7 Å². The Labute approximate surface area is 245 Å². The molecule has 0 aliphatic heterocycles. The summed E-state index contributed by atoms with van der Waals surface area (Å²) in [5.41, 5.74) is 2.19. The van der Waals surface area contributed by atoms with E-state index in [1.807, 2.05) is 6.07 Å². The lowest BCUT2D eigenvalue weighted by Crippen LogP contribution is -2.25. The fourth-order valence-electron chi connectivity index (χ4n) is 4.26. The van der Waals surface area contributed by atoms with Gasteiger partial charge in [0.1, 0.15) is 17.1 Å². The SMILES string of the molecule is Cn1cc(NC(=O)c2cc(NC(=O)c3cc(NC(=O)c4ccc(C(=O)O)cc4)cn3C)cn2C)cc1C(=O)NCCC#N. The van der Waals surface area contributed by atoms with E-state index in [2.05, 4.69) is 21.3 Å². The molecule has 0 radical (unpaired) electrons. The molecule has 0 aliphatic rings. The number of hydrogen-bond donors (Lipinski definition) is 5. The molecule has 0 spiro atoms. The summed E-state index contributed by atoms with van der Waals surface area (Å²) in [5.74, 6) is -2.90. The van der Waals surface area contributed by atoms with Crippen molar-refractivity contribution in [1.29, 1.82) is 5.26 Å². The fraction of sp³-hybridized carbons (Fsp3) is 0.172. The van der Waals surface area contributed by atoms with Crippen LogP contribution in [-0.4, -0.2) is 55.0 Å². The van der Waals surface area contributed by atoms with Crippen molar-refractivity contribution in [2.45, 2.75) is 6.42 Å². The molecule has 0 bridgehead atoms. The minimum Gasteiger partial charge on any atom is -0.478 e. The van der Waals surface area contributed by atoms with Gasteiger partial charge in [-0.25, -0.2) is 4.79 Å². The highest BCUT2D eigenvalue weighted by molar-refractivity contribution is 6.09. The van der Waals surface area contributed by atoms with Gasteiger partial charge in [0.2, 0.25) is 0 Å². The minimum atomic E-state index is -1.10. The van der Waals surface area contributed by atoms with E-state index in [-0.39, 0.29) is 41.4 Å². The predicted molar refractivity (Wildman–Crippen MR) is 156 cm³/mol. The summed E-state index contributed by atoms with van der Waals surface area (Å²) in [5, 5.41) is 28.4. The molecule has 0 unspecified atom stereocenters. The Balaban J connectivity index is 1.39. The molecule has 3 heterocycles. The number of hydrogen-bond acceptors (Lipinski definition) is 6. The second-order valence-corrected chi connectivity index (χ2v) is 9.58. The van der Waals surface area contributed by atoms with Gasteiger partial charge in [0.25, 0.3) is 23.6 Å². The van der Waals surface area contributed by atoms with Gasteiger partial charge in [-0.05, 0) is 42.5 Å². The smallest absolute Gasteiger partial charge is 0.335 e. The Morgan fingerprint density at radius 1 is 0.674 bits per heavy atom. The van der Waals surface area contributed by atoms with Crippen LogP contribution in [0.1, 0.15) is 58.6 Å². The number of aromatic carboxylic acids is 1. The summed E-state index contributed by atoms with van der Waals surface area (Å²) in [6.45, 7) is 0.212. The number of rotatable bonds is 10. The lowest BCUT2D eigenvalue weighted by atomic mass is 10.1. The number of carbonyl (C=O) groups excluding carboxylic acids is 4. The van der Waals surface area contributed by atoms with Gasteiger partial charge in [-0.3, -0.25) is 19.2 Å². The van der Waals surface area contributed by atoms with Crippen molar-refractivity contribution in [1.82, 2.24) is 19.0 Å². The lowest BCUT2D eigenvalue weighted by molar-refractivity contribution is 0.0695. The molecule has 1 aromatic carbocycles. The van der Waals surface area contributed by atoms with Crippen LogP contribution in [0.5, 0.6) is 0 Å². The van der Waals surface area contributed by atoms with Gasteiger partial charge in [0, 0.05) is 51.8 Å². The highest BCUT2D eigenvalue weighted by Crippen LogP contribution is 2.20. The number of nitrogens with one attached hydrogen (secondary N) is 4. The number of benzene rings is 1. The maximum absolute atomic E-state index is 13.0. The van der Waals surface area contributed by atoms with E-state index in [0.29, 0.717) is 22.8 Å². The molecule has 4 amide bonds. The number of carboxylic acid groups (broad SMARTS) is 1. The van der Waals surface area contributed by atoms with Crippen molar-refractivity contribution < 1.29 is 29.1 Å². The fourth-order valence-corrected chi connectivity index (χ4v) is 4.26. The molecule has 14 nitrogen and oxygen atoms in total. The maximum atomic E-state index is 13.0. The van der Waals surface area contributed by atoms with Crippen LogP contribution in [0.15, 0.2) is 61.1 Å². The van der Waals surface area contributed by atoms with Crippen LogP contribution in [0, 0.1) is 11.3 Å². The number of anilines is 3. The molecule has 14 heteroatoms. The number of amides is 4. The topological polar surface area (TPSA) is 192 Å². The van der Waals surface area contributed by atoms with Crippen LogP contribution in [0.2, 0.25) is 0 Å². The Morgan fingerprint density at radius 3 is 1.49 bits per heavy atom. The number of carboxylic acids is 1. The average molecular weight is 585 g/mol. The van der Waals surface area contributed by atoms with Gasteiger partial charge >= 0.3 is 5.97 Å². The predicted octanol–water partition coefficient (Wildman–Crippen LogP) is 2.80. The van der Waals surface area contributed by atoms with Gasteiger partial charge < -0.3 is 40.1 Å². The van der Waals surface area contributed by atoms with E-state index in [1.165, 1.54) is 51.6 Å². The van der Waals surface area contributed by atoms with Gasteiger partial charge in [0.05, 0.1) is 35.1 Å². The third-order valence-corrected chi connectivity index (χ3v) is 6.40. The molecule has 4 rings (SSSR count). The van der Waals surface area contributed by atoms with Crippen molar-refractivity contribution in [3.63, 3.8) is 0 Å². The summed E-state index contributed by atoms with van der Waals surface area (Å²) < 4.78 is 4.62. The first-order valence-corrected chi connectivity index (χ1v) is 12.9. The molecule has 0 fully saturated rings. The molecule has 220 valence electrons. The van der Waals surface area contributed by atoms with Crippen molar-refractivity contribution in [2.24, 2.45) is 21.1 Å². The Bertz CT molecular complexity index is 1770. The molecule has 43 heavy (non-hydrogen) atoms. The van der Waals surface area contributed by atoms with E-state index >= 15 is 0 Å². The zero-order valence-corrected chi connectivity index (χ0v) is 23.5. The molecular weight excluding hydrogens is 556 g/mol. The normalized spacial score (nSPS) is 10.5.